The number of halogens is 1. The molecule has 1 fully saturated rings. The monoisotopic (exact) mass is 435 g/mol. The molecule has 1 aromatic heterocycles. The summed E-state index contributed by atoms with van der Waals surface area (Å²) in [7, 11) is 1.64. The Morgan fingerprint density at radius 3 is 2.72 bits per heavy atom. The van der Waals surface area contributed by atoms with E-state index in [-0.39, 0.29) is 0 Å². The van der Waals surface area contributed by atoms with Gasteiger partial charge in [-0.3, -0.25) is 0 Å². The number of nitrogens with one attached hydrogen (secondary N) is 1. The number of rotatable bonds is 8. The van der Waals surface area contributed by atoms with Crippen LogP contribution in [0.15, 0.2) is 41.0 Å². The second-order valence-electron chi connectivity index (χ2n) is 7.39. The van der Waals surface area contributed by atoms with Crippen LogP contribution in [0.1, 0.15) is 37.9 Å². The fourth-order valence-corrected chi connectivity index (χ4v) is 4.10. The number of likely N-dealkylation sites (tertiary alicyclic amines) is 1. The maximum Gasteiger partial charge on any atom is 0.173 e. The first-order valence-corrected chi connectivity index (χ1v) is 11.1. The van der Waals surface area contributed by atoms with Crippen LogP contribution < -0.4 is 10.1 Å². The molecule has 2 aromatic rings. The van der Waals surface area contributed by atoms with Gasteiger partial charge in [-0.2, -0.15) is 0 Å². The lowest BCUT2D eigenvalue weighted by Gasteiger charge is -2.27. The molecule has 7 heteroatoms. The molecule has 0 amide bonds. The second kappa shape index (κ2) is 11.4. The summed E-state index contributed by atoms with van der Waals surface area (Å²) in [5, 5.41) is 4.58. The van der Waals surface area contributed by atoms with Crippen molar-refractivity contribution in [2.24, 2.45) is 0 Å². The fourth-order valence-electron chi connectivity index (χ4n) is 3.66. The van der Waals surface area contributed by atoms with E-state index < -0.39 is 0 Å². The maximum atomic E-state index is 6.16. The average molecular weight is 436 g/mol. The molecule has 0 unspecified atom stereocenters. The second-order valence-corrected chi connectivity index (χ2v) is 8.21. The molecule has 0 spiro atoms. The van der Waals surface area contributed by atoms with Crippen LogP contribution in [-0.4, -0.2) is 48.2 Å². The zero-order chi connectivity index (χ0) is 20.5. The Labute approximate surface area is 184 Å². The number of anilines is 1. The lowest BCUT2D eigenvalue weighted by atomic mass is 10.2. The molecule has 0 saturated carbocycles. The van der Waals surface area contributed by atoms with E-state index in [0.717, 1.165) is 31.0 Å². The van der Waals surface area contributed by atoms with Crippen LogP contribution in [0.4, 0.5) is 5.69 Å². The van der Waals surface area contributed by atoms with Crippen molar-refractivity contribution >= 4 is 34.6 Å². The van der Waals surface area contributed by atoms with Crippen molar-refractivity contribution in [1.82, 2.24) is 9.80 Å². The zero-order valence-corrected chi connectivity index (χ0v) is 18.6. The van der Waals surface area contributed by atoms with Crippen LogP contribution >= 0.6 is 23.8 Å². The maximum absolute atomic E-state index is 6.16. The first kappa shape index (κ1) is 21.9. The first-order valence-electron chi connectivity index (χ1n) is 10.3. The van der Waals surface area contributed by atoms with E-state index in [2.05, 4.69) is 15.1 Å². The Hall–Kier alpha value is -1.76. The number of nitrogens with zero attached hydrogens (tertiary/aromatic N) is 2. The molecule has 1 N–H and O–H groups in total. The molecule has 0 radical (unpaired) electrons. The first-order chi connectivity index (χ1) is 14.2. The molecule has 0 aliphatic carbocycles. The van der Waals surface area contributed by atoms with Crippen molar-refractivity contribution in [1.29, 1.82) is 0 Å². The molecular formula is C22H30ClN3O2S. The molecular weight excluding hydrogens is 406 g/mol. The molecule has 29 heavy (non-hydrogen) atoms. The Morgan fingerprint density at radius 1 is 1.24 bits per heavy atom. The van der Waals surface area contributed by atoms with E-state index in [1.807, 2.05) is 24.3 Å². The van der Waals surface area contributed by atoms with Gasteiger partial charge >= 0.3 is 0 Å². The van der Waals surface area contributed by atoms with E-state index in [1.54, 1.807) is 19.4 Å². The molecule has 1 aliphatic rings. The topological polar surface area (TPSA) is 40.9 Å². The minimum absolute atomic E-state index is 0.627. The van der Waals surface area contributed by atoms with Gasteiger partial charge in [-0.15, -0.1) is 0 Å². The average Bonchev–Trinajstić information content (AvgIpc) is 3.09. The van der Waals surface area contributed by atoms with Gasteiger partial charge in [0.05, 0.1) is 25.6 Å². The molecule has 0 bridgehead atoms. The van der Waals surface area contributed by atoms with Gasteiger partial charge in [-0.1, -0.05) is 24.4 Å². The van der Waals surface area contributed by atoms with E-state index in [1.165, 1.54) is 38.8 Å². The predicted molar refractivity (Wildman–Crippen MR) is 123 cm³/mol. The van der Waals surface area contributed by atoms with Gasteiger partial charge in [0.15, 0.2) is 5.11 Å². The van der Waals surface area contributed by atoms with Crippen molar-refractivity contribution < 1.29 is 9.15 Å². The number of hydrogen-bond acceptors (Lipinski definition) is 4. The number of hydrogen-bond donors (Lipinski definition) is 1. The van der Waals surface area contributed by atoms with Gasteiger partial charge in [0.1, 0.15) is 11.5 Å². The zero-order valence-electron chi connectivity index (χ0n) is 17.0. The highest BCUT2D eigenvalue weighted by atomic mass is 35.5. The fraction of sp³-hybridized carbons (Fsp3) is 0.500. The molecule has 5 nitrogen and oxygen atoms in total. The van der Waals surface area contributed by atoms with Crippen molar-refractivity contribution in [3.63, 3.8) is 0 Å². The summed E-state index contributed by atoms with van der Waals surface area (Å²) >= 11 is 11.9. The largest absolute Gasteiger partial charge is 0.495 e. The molecule has 158 valence electrons. The third-order valence-corrected chi connectivity index (χ3v) is 5.81. The van der Waals surface area contributed by atoms with Crippen LogP contribution in [0.5, 0.6) is 5.75 Å². The van der Waals surface area contributed by atoms with Gasteiger partial charge in [0.2, 0.25) is 0 Å². The van der Waals surface area contributed by atoms with Crippen molar-refractivity contribution in [3.05, 3.63) is 47.4 Å². The number of thiocarbonyl (C=S) groups is 1. The van der Waals surface area contributed by atoms with E-state index in [9.17, 15) is 0 Å². The summed E-state index contributed by atoms with van der Waals surface area (Å²) in [6.45, 7) is 4.99. The molecule has 1 saturated heterocycles. The van der Waals surface area contributed by atoms with E-state index >= 15 is 0 Å². The van der Waals surface area contributed by atoms with Crippen LogP contribution in [-0.2, 0) is 6.54 Å². The van der Waals surface area contributed by atoms with Gasteiger partial charge < -0.3 is 24.3 Å². The lowest BCUT2D eigenvalue weighted by Crippen LogP contribution is -2.37. The standard InChI is InChI=1S/C22H30ClN3O2S/c1-27-21-10-9-18(23)16-20(21)24-22(29)26(17-19-8-6-15-28-19)14-7-13-25-11-4-2-3-5-12-25/h6,8-10,15-16H,2-5,7,11-14,17H2,1H3,(H,24,29). The Morgan fingerprint density at radius 2 is 2.03 bits per heavy atom. The van der Waals surface area contributed by atoms with Crippen molar-refractivity contribution in [2.45, 2.75) is 38.6 Å². The van der Waals surface area contributed by atoms with Crippen LogP contribution in [0.3, 0.4) is 0 Å². The van der Waals surface area contributed by atoms with Gasteiger partial charge in [-0.25, -0.2) is 0 Å². The minimum atomic E-state index is 0.627. The predicted octanol–water partition coefficient (Wildman–Crippen LogP) is 5.41. The van der Waals surface area contributed by atoms with Gasteiger partial charge in [-0.05, 0) is 81.4 Å². The van der Waals surface area contributed by atoms with Gasteiger partial charge in [0.25, 0.3) is 0 Å². The number of furan rings is 1. The Kier molecular flexibility index (Phi) is 8.65. The quantitative estimate of drug-likeness (QED) is 0.559. The molecule has 2 heterocycles. The number of methoxy groups -OCH3 is 1. The van der Waals surface area contributed by atoms with Crippen molar-refractivity contribution in [2.75, 3.05) is 38.6 Å². The Balaban J connectivity index is 1.62. The minimum Gasteiger partial charge on any atom is -0.495 e. The lowest BCUT2D eigenvalue weighted by molar-refractivity contribution is 0.262. The highest BCUT2D eigenvalue weighted by Gasteiger charge is 2.16. The number of ether oxygens (including phenoxy) is 1. The Bertz CT molecular complexity index is 761. The highest BCUT2D eigenvalue weighted by Crippen LogP contribution is 2.28. The summed E-state index contributed by atoms with van der Waals surface area (Å²) in [4.78, 5) is 4.72. The highest BCUT2D eigenvalue weighted by molar-refractivity contribution is 7.80. The molecule has 3 rings (SSSR count). The summed E-state index contributed by atoms with van der Waals surface area (Å²) < 4.78 is 11.0. The van der Waals surface area contributed by atoms with Crippen LogP contribution in [0.25, 0.3) is 0 Å². The number of benzene rings is 1. The smallest absolute Gasteiger partial charge is 0.173 e. The summed E-state index contributed by atoms with van der Waals surface area (Å²) in [5.41, 5.74) is 0.766. The summed E-state index contributed by atoms with van der Waals surface area (Å²) in [6.07, 6.45) is 8.08. The van der Waals surface area contributed by atoms with E-state index in [0.29, 0.717) is 22.4 Å². The molecule has 1 aliphatic heterocycles. The third-order valence-electron chi connectivity index (χ3n) is 5.22. The SMILES string of the molecule is COc1ccc(Cl)cc1NC(=S)N(CCCN1CCCCCC1)Cc1ccco1. The molecule has 1 aromatic carbocycles. The summed E-state index contributed by atoms with van der Waals surface area (Å²) in [6, 6.07) is 9.35. The molecule has 0 atom stereocenters. The van der Waals surface area contributed by atoms with Gasteiger partial charge in [0, 0.05) is 11.6 Å². The van der Waals surface area contributed by atoms with E-state index in [4.69, 9.17) is 33.0 Å². The third kappa shape index (κ3) is 6.91. The van der Waals surface area contributed by atoms with Crippen molar-refractivity contribution in [3.8, 4) is 5.75 Å². The van der Waals surface area contributed by atoms with Crippen LogP contribution in [0, 0.1) is 0 Å². The summed E-state index contributed by atoms with van der Waals surface area (Å²) in [5.74, 6) is 1.60. The van der Waals surface area contributed by atoms with Crippen LogP contribution in [0.2, 0.25) is 5.02 Å². The normalized spacial score (nSPS) is 15.0.